The van der Waals surface area contributed by atoms with Crippen molar-refractivity contribution in [1.82, 2.24) is 0 Å². The van der Waals surface area contributed by atoms with Crippen LogP contribution < -0.4 is 5.32 Å². The van der Waals surface area contributed by atoms with Gasteiger partial charge < -0.3 is 14.8 Å². The summed E-state index contributed by atoms with van der Waals surface area (Å²) < 4.78 is 10.2. The van der Waals surface area contributed by atoms with E-state index in [1.165, 1.54) is 11.3 Å². The summed E-state index contributed by atoms with van der Waals surface area (Å²) in [6.07, 6.45) is -0.0136. The predicted molar refractivity (Wildman–Crippen MR) is 74.7 cm³/mol. The van der Waals surface area contributed by atoms with Crippen LogP contribution in [0.2, 0.25) is 0 Å². The number of anilines is 1. The Labute approximate surface area is 116 Å². The number of nitrogens with one attached hydrogen (secondary N) is 1. The summed E-state index contributed by atoms with van der Waals surface area (Å²) in [6, 6.07) is 1.71. The minimum atomic E-state index is -0.424. The predicted octanol–water partition coefficient (Wildman–Crippen LogP) is 2.60. The molecule has 1 rings (SSSR count). The van der Waals surface area contributed by atoms with Gasteiger partial charge in [-0.2, -0.15) is 0 Å². The third-order valence-electron chi connectivity index (χ3n) is 2.15. The molecule has 0 spiro atoms. The Morgan fingerprint density at radius 2 is 2.11 bits per heavy atom. The number of ether oxygens (including phenoxy) is 2. The summed E-state index contributed by atoms with van der Waals surface area (Å²) in [5.74, 6) is -0.701. The van der Waals surface area contributed by atoms with Crippen LogP contribution in [0.15, 0.2) is 6.07 Å². The van der Waals surface area contributed by atoms with Crippen molar-refractivity contribution in [3.8, 4) is 0 Å². The Balaban J connectivity index is 2.72. The van der Waals surface area contributed by atoms with E-state index in [0.717, 1.165) is 4.88 Å². The third kappa shape index (κ3) is 5.00. The van der Waals surface area contributed by atoms with Crippen molar-refractivity contribution in [2.75, 3.05) is 18.5 Å². The van der Waals surface area contributed by atoms with E-state index in [1.807, 2.05) is 20.8 Å². The molecule has 1 N–H and O–H groups in total. The molecule has 5 nitrogen and oxygen atoms in total. The lowest BCUT2D eigenvalue weighted by molar-refractivity contribution is -0.121. The van der Waals surface area contributed by atoms with Crippen LogP contribution in [0.1, 0.15) is 36.0 Å². The normalized spacial score (nSPS) is 10.6. The first-order valence-corrected chi connectivity index (χ1v) is 6.94. The number of amides is 1. The molecule has 1 heterocycles. The van der Waals surface area contributed by atoms with Crippen LogP contribution in [-0.2, 0) is 14.3 Å². The maximum Gasteiger partial charge on any atom is 0.341 e. The summed E-state index contributed by atoms with van der Waals surface area (Å²) in [5.41, 5.74) is 0.391. The van der Waals surface area contributed by atoms with Crippen molar-refractivity contribution in [1.29, 1.82) is 0 Å². The van der Waals surface area contributed by atoms with Crippen LogP contribution in [0, 0.1) is 6.92 Å². The van der Waals surface area contributed by atoms with Crippen molar-refractivity contribution < 1.29 is 19.1 Å². The smallest absolute Gasteiger partial charge is 0.341 e. The molecule has 0 radical (unpaired) electrons. The average molecular weight is 285 g/mol. The van der Waals surface area contributed by atoms with Gasteiger partial charge in [-0.05, 0) is 33.8 Å². The highest BCUT2D eigenvalue weighted by atomic mass is 32.1. The van der Waals surface area contributed by atoms with Gasteiger partial charge in [-0.1, -0.05) is 0 Å². The standard InChI is InChI=1S/C13H19NO4S/c1-5-17-13(16)10-6-9(4)19-12(10)14-11(15)7-18-8(2)3/h6,8H,5,7H2,1-4H3,(H,14,15). The number of carbonyl (C=O) groups excluding carboxylic acids is 2. The highest BCUT2D eigenvalue weighted by Crippen LogP contribution is 2.28. The van der Waals surface area contributed by atoms with Crippen molar-refractivity contribution in [3.63, 3.8) is 0 Å². The number of hydrogen-bond donors (Lipinski definition) is 1. The molecule has 106 valence electrons. The van der Waals surface area contributed by atoms with Gasteiger partial charge in [0.15, 0.2) is 0 Å². The van der Waals surface area contributed by atoms with Crippen LogP contribution in [0.3, 0.4) is 0 Å². The molecule has 0 unspecified atom stereocenters. The third-order valence-corrected chi connectivity index (χ3v) is 3.12. The second-order valence-corrected chi connectivity index (χ2v) is 5.48. The van der Waals surface area contributed by atoms with Gasteiger partial charge in [0.2, 0.25) is 0 Å². The van der Waals surface area contributed by atoms with E-state index in [2.05, 4.69) is 5.32 Å². The SMILES string of the molecule is CCOC(=O)c1cc(C)sc1NC(=O)COC(C)C. The molecule has 0 atom stereocenters. The van der Waals surface area contributed by atoms with Gasteiger partial charge in [-0.25, -0.2) is 4.79 Å². The molecular formula is C13H19NO4S. The first-order valence-electron chi connectivity index (χ1n) is 6.13. The zero-order valence-electron chi connectivity index (χ0n) is 11.6. The molecule has 0 saturated carbocycles. The molecular weight excluding hydrogens is 266 g/mol. The van der Waals surface area contributed by atoms with Crippen LogP contribution in [0.25, 0.3) is 0 Å². The molecule has 6 heteroatoms. The van der Waals surface area contributed by atoms with E-state index in [1.54, 1.807) is 13.0 Å². The average Bonchev–Trinajstić information content (AvgIpc) is 2.68. The summed E-state index contributed by atoms with van der Waals surface area (Å²) in [7, 11) is 0. The van der Waals surface area contributed by atoms with Gasteiger partial charge in [-0.3, -0.25) is 4.79 Å². The fourth-order valence-electron chi connectivity index (χ4n) is 1.37. The highest BCUT2D eigenvalue weighted by molar-refractivity contribution is 7.16. The molecule has 0 fully saturated rings. The van der Waals surface area contributed by atoms with E-state index in [-0.39, 0.29) is 18.6 Å². The van der Waals surface area contributed by atoms with E-state index >= 15 is 0 Å². The molecule has 0 aliphatic rings. The minimum absolute atomic E-state index is 0.0136. The van der Waals surface area contributed by atoms with E-state index in [4.69, 9.17) is 9.47 Å². The van der Waals surface area contributed by atoms with Crippen LogP contribution >= 0.6 is 11.3 Å². The largest absolute Gasteiger partial charge is 0.462 e. The molecule has 0 aromatic carbocycles. The van der Waals surface area contributed by atoms with E-state index < -0.39 is 5.97 Å². The Morgan fingerprint density at radius 3 is 2.68 bits per heavy atom. The second-order valence-electron chi connectivity index (χ2n) is 4.23. The fraction of sp³-hybridized carbons (Fsp3) is 0.538. The quantitative estimate of drug-likeness (QED) is 0.816. The first kappa shape index (κ1) is 15.7. The van der Waals surface area contributed by atoms with Gasteiger partial charge in [0.25, 0.3) is 5.91 Å². The van der Waals surface area contributed by atoms with Crippen LogP contribution in [-0.4, -0.2) is 31.2 Å². The molecule has 1 aromatic heterocycles. The van der Waals surface area contributed by atoms with E-state index in [0.29, 0.717) is 17.2 Å². The Kier molecular flexibility index (Phi) is 5.98. The lowest BCUT2D eigenvalue weighted by Crippen LogP contribution is -2.21. The van der Waals surface area contributed by atoms with Gasteiger partial charge >= 0.3 is 5.97 Å². The topological polar surface area (TPSA) is 64.6 Å². The molecule has 0 aliphatic heterocycles. The number of hydrogen-bond acceptors (Lipinski definition) is 5. The summed E-state index contributed by atoms with van der Waals surface area (Å²) in [5, 5.41) is 3.19. The van der Waals surface area contributed by atoms with Gasteiger partial charge in [0.1, 0.15) is 11.6 Å². The van der Waals surface area contributed by atoms with Crippen LogP contribution in [0.5, 0.6) is 0 Å². The molecule has 1 amide bonds. The molecule has 19 heavy (non-hydrogen) atoms. The zero-order chi connectivity index (χ0) is 14.4. The zero-order valence-corrected chi connectivity index (χ0v) is 12.4. The summed E-state index contributed by atoms with van der Waals surface area (Å²) in [6.45, 7) is 7.59. The summed E-state index contributed by atoms with van der Waals surface area (Å²) in [4.78, 5) is 24.3. The number of carbonyl (C=O) groups is 2. The van der Waals surface area contributed by atoms with Gasteiger partial charge in [0, 0.05) is 4.88 Å². The number of thiophene rings is 1. The molecule has 1 aromatic rings. The first-order chi connectivity index (χ1) is 8.93. The van der Waals surface area contributed by atoms with E-state index in [9.17, 15) is 9.59 Å². The Bertz CT molecular complexity index is 453. The monoisotopic (exact) mass is 285 g/mol. The number of rotatable bonds is 6. The minimum Gasteiger partial charge on any atom is -0.462 e. The number of aryl methyl sites for hydroxylation is 1. The lowest BCUT2D eigenvalue weighted by Gasteiger charge is -2.08. The maximum atomic E-state index is 11.7. The Hall–Kier alpha value is -1.40. The highest BCUT2D eigenvalue weighted by Gasteiger charge is 2.17. The van der Waals surface area contributed by atoms with Crippen molar-refractivity contribution in [2.45, 2.75) is 33.8 Å². The molecule has 0 bridgehead atoms. The van der Waals surface area contributed by atoms with Crippen molar-refractivity contribution >= 4 is 28.2 Å². The lowest BCUT2D eigenvalue weighted by atomic mass is 10.3. The van der Waals surface area contributed by atoms with Crippen molar-refractivity contribution in [3.05, 3.63) is 16.5 Å². The number of esters is 1. The molecule has 0 aliphatic carbocycles. The fourth-order valence-corrected chi connectivity index (χ4v) is 2.29. The van der Waals surface area contributed by atoms with Crippen LogP contribution in [0.4, 0.5) is 5.00 Å². The van der Waals surface area contributed by atoms with Gasteiger partial charge in [0.05, 0.1) is 18.3 Å². The van der Waals surface area contributed by atoms with Gasteiger partial charge in [-0.15, -0.1) is 11.3 Å². The van der Waals surface area contributed by atoms with Crippen molar-refractivity contribution in [2.24, 2.45) is 0 Å². The summed E-state index contributed by atoms with van der Waals surface area (Å²) >= 11 is 1.34. The maximum absolute atomic E-state index is 11.7. The second kappa shape index (κ2) is 7.25. The Morgan fingerprint density at radius 1 is 1.42 bits per heavy atom. The molecule has 0 saturated heterocycles.